The Balaban J connectivity index is 0.000000278. The zero-order valence-corrected chi connectivity index (χ0v) is 31.6. The molecule has 4 aromatic carbocycles. The predicted octanol–water partition coefficient (Wildman–Crippen LogP) is 9.31. The molecule has 0 saturated carbocycles. The molecule has 4 heterocycles. The first-order valence-electron chi connectivity index (χ1n) is 19.4. The van der Waals surface area contributed by atoms with Gasteiger partial charge in [-0.15, -0.1) is 52.8 Å². The molecule has 0 radical (unpaired) electrons. The molecule has 276 valence electrons. The molecule has 1 aliphatic heterocycles. The number of benzene rings is 4. The van der Waals surface area contributed by atoms with Crippen LogP contribution in [0, 0.1) is 47.1 Å². The van der Waals surface area contributed by atoms with Crippen LogP contribution in [0.2, 0.25) is 0 Å². The Bertz CT molecular complexity index is 2650. The fourth-order valence-electron chi connectivity index (χ4n) is 6.39. The Kier molecular flexibility index (Phi) is 8.86. The van der Waals surface area contributed by atoms with Gasteiger partial charge >= 0.3 is 27.2 Å². The van der Waals surface area contributed by atoms with Gasteiger partial charge in [-0.3, -0.25) is 4.98 Å². The zero-order chi connectivity index (χ0) is 42.4. The van der Waals surface area contributed by atoms with Crippen LogP contribution in [0.5, 0.6) is 0 Å². The van der Waals surface area contributed by atoms with E-state index in [0.29, 0.717) is 33.8 Å². The van der Waals surface area contributed by atoms with Crippen LogP contribution in [0.4, 0.5) is 42.0 Å². The number of hydrogen-bond donors (Lipinski definition) is 1. The average Bonchev–Trinajstić information content (AvgIpc) is 3.74. The summed E-state index contributed by atoms with van der Waals surface area (Å²) < 4.78 is 86.2. The van der Waals surface area contributed by atoms with Gasteiger partial charge in [0.1, 0.15) is 17.5 Å². The minimum absolute atomic E-state index is 0. The third-order valence-electron chi connectivity index (χ3n) is 8.62. The van der Waals surface area contributed by atoms with Crippen molar-refractivity contribution in [2.75, 3.05) is 34.0 Å². The summed E-state index contributed by atoms with van der Waals surface area (Å²) in [6.07, 6.45) is 1.54. The van der Waals surface area contributed by atoms with E-state index in [4.69, 9.17) is 8.22 Å². The summed E-state index contributed by atoms with van der Waals surface area (Å²) in [6.45, 7) is 5.45. The zero-order valence-electron chi connectivity index (χ0n) is 35.3. The molecule has 0 atom stereocenters. The first-order valence-corrected chi connectivity index (χ1v) is 16.4. The van der Waals surface area contributed by atoms with Gasteiger partial charge in [0.15, 0.2) is 0 Å². The number of rotatable bonds is 6. The van der Waals surface area contributed by atoms with Crippen molar-refractivity contribution in [3.63, 3.8) is 0 Å². The van der Waals surface area contributed by atoms with Crippen molar-refractivity contribution in [2.45, 2.75) is 33.9 Å². The molecule has 13 heteroatoms. The van der Waals surface area contributed by atoms with Crippen molar-refractivity contribution in [3.05, 3.63) is 139 Å². The Morgan fingerprint density at radius 2 is 1.56 bits per heavy atom. The molecule has 9 nitrogen and oxygen atoms in total. The van der Waals surface area contributed by atoms with E-state index in [1.54, 1.807) is 30.0 Å². The molecular weight excluding hydrogens is 871 g/mol. The van der Waals surface area contributed by atoms with E-state index in [-0.39, 0.29) is 32.7 Å². The molecular formula is C41H36F3N9Pt. The first-order chi connectivity index (χ1) is 27.8. The first kappa shape index (κ1) is 30.9. The number of aromatic nitrogens is 5. The van der Waals surface area contributed by atoms with E-state index in [2.05, 4.69) is 48.4 Å². The molecule has 7 aromatic rings. The van der Waals surface area contributed by atoms with Crippen LogP contribution in [0.15, 0.2) is 91.5 Å². The molecule has 0 bridgehead atoms. The van der Waals surface area contributed by atoms with E-state index in [0.717, 1.165) is 60.7 Å². The molecule has 8 rings (SSSR count). The topological polar surface area (TPSA) is 87.4 Å². The van der Waals surface area contributed by atoms with Crippen molar-refractivity contribution in [1.82, 2.24) is 24.9 Å². The van der Waals surface area contributed by atoms with Crippen LogP contribution in [-0.2, 0) is 27.2 Å². The molecule has 0 spiro atoms. The van der Waals surface area contributed by atoms with Crippen LogP contribution < -0.4 is 25.0 Å². The second-order valence-corrected chi connectivity index (χ2v) is 12.5. The monoisotopic (exact) mass is 912 g/mol. The maximum absolute atomic E-state index is 12.6. The van der Waals surface area contributed by atoms with Gasteiger partial charge in [-0.25, -0.2) is 15.0 Å². The van der Waals surface area contributed by atoms with Gasteiger partial charge in [0, 0.05) is 33.0 Å². The van der Waals surface area contributed by atoms with Crippen molar-refractivity contribution in [1.29, 1.82) is 0 Å². The largest absolute Gasteiger partial charge is 4.00 e. The number of anilines is 5. The molecule has 1 aliphatic rings. The maximum Gasteiger partial charge on any atom is 4.00 e. The van der Waals surface area contributed by atoms with Gasteiger partial charge in [0.05, 0.1) is 11.3 Å². The van der Waals surface area contributed by atoms with Crippen molar-refractivity contribution in [2.24, 2.45) is 0 Å². The van der Waals surface area contributed by atoms with Gasteiger partial charge in [-0.2, -0.15) is 19.8 Å². The Labute approximate surface area is 335 Å². The van der Waals surface area contributed by atoms with Gasteiger partial charge in [0.25, 0.3) is 0 Å². The normalized spacial score (nSPS) is 14.4. The van der Waals surface area contributed by atoms with E-state index in [9.17, 15) is 13.2 Å². The van der Waals surface area contributed by atoms with Crippen LogP contribution in [0.3, 0.4) is 0 Å². The second kappa shape index (κ2) is 15.5. The standard InChI is InChI=1S/C28H29N8.C13H7F3N.Pt/c1-18-11-19(2)25(20(3)12-18)22-13-23(33-16-34(5)26-21(4)29-7-8-30-26)15-24(14-22)36-17-35(6)27-28(36)32-10-9-31-27;14-13(15,16)8-5-6-12-10(7-8)9-3-1-2-4-11(9)17-12;/h7-14,16-17,33H,1-6H3;1-7H;/q-3;-1;+4/i5D3,6D3;;. The molecule has 1 N–H and O–H groups in total. The van der Waals surface area contributed by atoms with E-state index < -0.39 is 25.7 Å². The second-order valence-electron chi connectivity index (χ2n) is 12.5. The van der Waals surface area contributed by atoms with Gasteiger partial charge < -0.3 is 25.0 Å². The van der Waals surface area contributed by atoms with Gasteiger partial charge in [-0.05, 0) is 75.2 Å². The number of nitrogens with one attached hydrogen (secondary N) is 1. The van der Waals surface area contributed by atoms with Crippen LogP contribution in [-0.4, -0.2) is 33.9 Å². The quantitative estimate of drug-likeness (QED) is 0.164. The van der Waals surface area contributed by atoms with Crippen LogP contribution in [0.25, 0.3) is 32.9 Å². The Hall–Kier alpha value is -5.48. The molecule has 54 heavy (non-hydrogen) atoms. The average molecular weight is 913 g/mol. The van der Waals surface area contributed by atoms with Crippen LogP contribution in [0.1, 0.15) is 36.2 Å². The van der Waals surface area contributed by atoms with Crippen molar-refractivity contribution in [3.8, 4) is 11.1 Å². The molecule has 3 aromatic heterocycles. The fraction of sp³-hybridized carbons (Fsp3) is 0.171. The SMILES string of the molecule is FC(F)(F)c1ccc2[n-]c3ccccc3c2c1.[2H]C([2H])([2H])N([CH-]Nc1[c-]c(N2[CH-]N(C([2H])([2H])[2H])c3nccnc32)cc(-c2c(C)cc(C)cc2C)c1)c1nccnc1C.[Pt+4]. The summed E-state index contributed by atoms with van der Waals surface area (Å²) in [5.74, 6) is 0.692. The summed E-state index contributed by atoms with van der Waals surface area (Å²) in [4.78, 5) is 25.1. The summed E-state index contributed by atoms with van der Waals surface area (Å²) >= 11 is 0. The van der Waals surface area contributed by atoms with E-state index in [1.165, 1.54) is 44.2 Å². The minimum atomic E-state index is -4.31. The number of alkyl halides is 3. The molecule has 0 amide bonds. The number of para-hydroxylation sites is 1. The summed E-state index contributed by atoms with van der Waals surface area (Å²) in [5.41, 5.74) is 7.07. The summed E-state index contributed by atoms with van der Waals surface area (Å²) in [7, 11) is 0. The third-order valence-corrected chi connectivity index (χ3v) is 8.62. The number of aryl methyl sites for hydroxylation is 4. The number of fused-ring (bicyclic) bond motifs is 4. The maximum atomic E-state index is 12.6. The fourth-order valence-corrected chi connectivity index (χ4v) is 6.39. The smallest absolute Gasteiger partial charge is 0.657 e. The molecule has 0 fully saturated rings. The van der Waals surface area contributed by atoms with Crippen LogP contribution >= 0.6 is 0 Å². The van der Waals surface area contributed by atoms with Crippen molar-refractivity contribution < 1.29 is 42.5 Å². The summed E-state index contributed by atoms with van der Waals surface area (Å²) in [5, 5.41) is 4.39. The predicted molar refractivity (Wildman–Crippen MR) is 205 cm³/mol. The molecule has 0 saturated heterocycles. The van der Waals surface area contributed by atoms with Crippen molar-refractivity contribution >= 4 is 50.6 Å². The van der Waals surface area contributed by atoms with E-state index >= 15 is 0 Å². The van der Waals surface area contributed by atoms with Gasteiger partial charge in [0.2, 0.25) is 0 Å². The Morgan fingerprint density at radius 3 is 2.28 bits per heavy atom. The Morgan fingerprint density at radius 1 is 0.852 bits per heavy atom. The van der Waals surface area contributed by atoms with E-state index in [1.807, 2.05) is 39.0 Å². The third kappa shape index (κ3) is 7.75. The number of halogens is 3. The molecule has 0 aliphatic carbocycles. The summed E-state index contributed by atoms with van der Waals surface area (Å²) in [6, 6.07) is 22.0. The minimum Gasteiger partial charge on any atom is -0.657 e. The number of hydrogen-bond acceptors (Lipinski definition) is 8. The van der Waals surface area contributed by atoms with Gasteiger partial charge in [-0.1, -0.05) is 54.1 Å². The number of nitrogens with zero attached hydrogens (tertiary/aromatic N) is 8. The molecule has 0 unspecified atom stereocenters.